The van der Waals surface area contributed by atoms with Crippen molar-refractivity contribution in [1.82, 2.24) is 0 Å². The molecule has 1 aliphatic rings. The number of fused-ring (bicyclic) bond motifs is 1. The lowest BCUT2D eigenvalue weighted by atomic mass is 10.1. The lowest BCUT2D eigenvalue weighted by Crippen LogP contribution is -2.02. The van der Waals surface area contributed by atoms with E-state index in [0.29, 0.717) is 11.5 Å². The second-order valence-corrected chi connectivity index (χ2v) is 2.87. The maximum atomic E-state index is 10.5. The summed E-state index contributed by atoms with van der Waals surface area (Å²) in [4.78, 5) is 10.5. The average Bonchev–Trinajstić information content (AvgIpc) is 2.57. The molecule has 0 bridgehead atoms. The molecule has 2 N–H and O–H groups in total. The van der Waals surface area contributed by atoms with Crippen LogP contribution in [0.2, 0.25) is 0 Å². The Morgan fingerprint density at radius 2 is 2.21 bits per heavy atom. The number of carbonyl (C=O) groups is 1. The number of phenols is 1. The molecule has 0 aliphatic carbocycles. The Balaban J connectivity index is 2.46. The highest BCUT2D eigenvalue weighted by Gasteiger charge is 2.22. The van der Waals surface area contributed by atoms with Gasteiger partial charge in [-0.05, 0) is 12.1 Å². The summed E-state index contributed by atoms with van der Waals surface area (Å²) in [5, 5.41) is 18.0. The van der Waals surface area contributed by atoms with Gasteiger partial charge in [0.25, 0.3) is 0 Å². The molecule has 0 spiro atoms. The highest BCUT2D eigenvalue weighted by atomic mass is 16.7. The van der Waals surface area contributed by atoms with Crippen LogP contribution in [-0.2, 0) is 11.2 Å². The van der Waals surface area contributed by atoms with Gasteiger partial charge in [0.15, 0.2) is 11.5 Å². The summed E-state index contributed by atoms with van der Waals surface area (Å²) >= 11 is 0. The van der Waals surface area contributed by atoms with Crippen LogP contribution in [0.1, 0.15) is 5.56 Å². The van der Waals surface area contributed by atoms with Crippen molar-refractivity contribution in [3.63, 3.8) is 0 Å². The molecule has 14 heavy (non-hydrogen) atoms. The van der Waals surface area contributed by atoms with E-state index in [-0.39, 0.29) is 24.5 Å². The molecule has 1 aromatic carbocycles. The van der Waals surface area contributed by atoms with Crippen LogP contribution >= 0.6 is 0 Å². The van der Waals surface area contributed by atoms with Crippen LogP contribution < -0.4 is 9.47 Å². The zero-order valence-electron chi connectivity index (χ0n) is 7.19. The number of hydrogen-bond donors (Lipinski definition) is 2. The Morgan fingerprint density at radius 3 is 2.93 bits per heavy atom. The molecule has 0 saturated carbocycles. The van der Waals surface area contributed by atoms with Gasteiger partial charge in [-0.15, -0.1) is 0 Å². The minimum absolute atomic E-state index is 0.0609. The first-order valence-corrected chi connectivity index (χ1v) is 4.00. The number of phenolic OH excluding ortho intramolecular Hbond substituents is 1. The van der Waals surface area contributed by atoms with Gasteiger partial charge < -0.3 is 19.7 Å². The molecule has 2 rings (SSSR count). The Morgan fingerprint density at radius 1 is 1.43 bits per heavy atom. The van der Waals surface area contributed by atoms with Crippen LogP contribution in [-0.4, -0.2) is 23.0 Å². The van der Waals surface area contributed by atoms with Crippen LogP contribution in [0.25, 0.3) is 0 Å². The van der Waals surface area contributed by atoms with Crippen molar-refractivity contribution in [2.45, 2.75) is 6.42 Å². The van der Waals surface area contributed by atoms with Crippen LogP contribution in [0.15, 0.2) is 12.1 Å². The second-order valence-electron chi connectivity index (χ2n) is 2.87. The molecule has 74 valence electrons. The molecule has 5 heteroatoms. The first kappa shape index (κ1) is 8.68. The number of hydrogen-bond acceptors (Lipinski definition) is 4. The summed E-state index contributed by atoms with van der Waals surface area (Å²) in [6.07, 6.45) is -0.279. The molecule has 0 atom stereocenters. The summed E-state index contributed by atoms with van der Waals surface area (Å²) in [5.41, 5.74) is 0.257. The monoisotopic (exact) mass is 196 g/mol. The average molecular weight is 196 g/mol. The van der Waals surface area contributed by atoms with Crippen molar-refractivity contribution in [2.24, 2.45) is 0 Å². The number of aliphatic carboxylic acids is 1. The van der Waals surface area contributed by atoms with Gasteiger partial charge in [0.05, 0.1) is 12.0 Å². The summed E-state index contributed by atoms with van der Waals surface area (Å²) < 4.78 is 10.1. The quantitative estimate of drug-likeness (QED) is 0.729. The molecule has 1 aliphatic heterocycles. The van der Waals surface area contributed by atoms with E-state index in [9.17, 15) is 9.90 Å². The van der Waals surface area contributed by atoms with E-state index in [0.717, 1.165) is 0 Å². The van der Waals surface area contributed by atoms with Crippen molar-refractivity contribution < 1.29 is 24.5 Å². The second kappa shape index (κ2) is 3.10. The van der Waals surface area contributed by atoms with E-state index in [1.165, 1.54) is 6.07 Å². The smallest absolute Gasteiger partial charge is 0.308 e. The molecule has 0 radical (unpaired) electrons. The topological polar surface area (TPSA) is 76.0 Å². The Kier molecular flexibility index (Phi) is 1.92. The molecule has 0 aromatic heterocycles. The lowest BCUT2D eigenvalue weighted by molar-refractivity contribution is -0.136. The third kappa shape index (κ3) is 1.32. The van der Waals surface area contributed by atoms with Crippen molar-refractivity contribution in [2.75, 3.05) is 6.79 Å². The fourth-order valence-electron chi connectivity index (χ4n) is 1.34. The van der Waals surface area contributed by atoms with Gasteiger partial charge >= 0.3 is 5.97 Å². The van der Waals surface area contributed by atoms with Crippen molar-refractivity contribution >= 4 is 5.97 Å². The van der Waals surface area contributed by atoms with E-state index in [2.05, 4.69) is 0 Å². The first-order chi connectivity index (χ1) is 6.68. The van der Waals surface area contributed by atoms with Crippen molar-refractivity contribution in [1.29, 1.82) is 0 Å². The van der Waals surface area contributed by atoms with Gasteiger partial charge in [-0.3, -0.25) is 4.79 Å². The van der Waals surface area contributed by atoms with E-state index in [1.54, 1.807) is 6.07 Å². The summed E-state index contributed by atoms with van der Waals surface area (Å²) in [7, 11) is 0. The standard InChI is InChI=1S/C9H8O5/c10-6-1-2-7-9(14-4-13-7)5(6)3-8(11)12/h1-2,10H,3-4H2,(H,11,12). The van der Waals surface area contributed by atoms with Gasteiger partial charge in [-0.2, -0.15) is 0 Å². The van der Waals surface area contributed by atoms with Crippen LogP contribution in [0.4, 0.5) is 0 Å². The summed E-state index contributed by atoms with van der Waals surface area (Å²) in [6, 6.07) is 2.94. The first-order valence-electron chi connectivity index (χ1n) is 4.00. The third-order valence-corrected chi connectivity index (χ3v) is 1.95. The molecular formula is C9H8O5. The van der Waals surface area contributed by atoms with Gasteiger partial charge in [0.2, 0.25) is 6.79 Å². The van der Waals surface area contributed by atoms with Crippen LogP contribution in [0.5, 0.6) is 17.2 Å². The number of carboxylic acids is 1. The maximum Gasteiger partial charge on any atom is 0.308 e. The Hall–Kier alpha value is -1.91. The van der Waals surface area contributed by atoms with E-state index < -0.39 is 5.97 Å². The van der Waals surface area contributed by atoms with Gasteiger partial charge in [0.1, 0.15) is 5.75 Å². The maximum absolute atomic E-state index is 10.5. The molecule has 1 heterocycles. The highest BCUT2D eigenvalue weighted by molar-refractivity contribution is 5.74. The van der Waals surface area contributed by atoms with E-state index in [1.807, 2.05) is 0 Å². The lowest BCUT2D eigenvalue weighted by Gasteiger charge is -2.05. The number of rotatable bonds is 2. The van der Waals surface area contributed by atoms with Gasteiger partial charge in [-0.1, -0.05) is 0 Å². The Bertz CT molecular complexity index is 385. The number of carboxylic acid groups (broad SMARTS) is 1. The normalized spacial score (nSPS) is 12.9. The highest BCUT2D eigenvalue weighted by Crippen LogP contribution is 2.40. The van der Waals surface area contributed by atoms with Crippen molar-refractivity contribution in [3.05, 3.63) is 17.7 Å². The Labute approximate surface area is 79.5 Å². The molecule has 0 amide bonds. The fourth-order valence-corrected chi connectivity index (χ4v) is 1.34. The van der Waals surface area contributed by atoms with Gasteiger partial charge in [0, 0.05) is 0 Å². The fraction of sp³-hybridized carbons (Fsp3) is 0.222. The summed E-state index contributed by atoms with van der Waals surface area (Å²) in [5.74, 6) is -0.313. The van der Waals surface area contributed by atoms with E-state index in [4.69, 9.17) is 14.6 Å². The molecule has 1 aromatic rings. The van der Waals surface area contributed by atoms with E-state index >= 15 is 0 Å². The number of aromatic hydroxyl groups is 1. The zero-order valence-corrected chi connectivity index (χ0v) is 7.19. The predicted octanol–water partition coefficient (Wildman–Crippen LogP) is 0.748. The van der Waals surface area contributed by atoms with Crippen molar-refractivity contribution in [3.8, 4) is 17.2 Å². The minimum Gasteiger partial charge on any atom is -0.508 e. The van der Waals surface area contributed by atoms with Crippen LogP contribution in [0.3, 0.4) is 0 Å². The SMILES string of the molecule is O=C(O)Cc1c(O)ccc2c1OCO2. The molecule has 0 unspecified atom stereocenters. The summed E-state index contributed by atoms with van der Waals surface area (Å²) in [6.45, 7) is 0.0609. The predicted molar refractivity (Wildman–Crippen MR) is 45.6 cm³/mol. The minimum atomic E-state index is -1.02. The molecular weight excluding hydrogens is 188 g/mol. The van der Waals surface area contributed by atoms with Crippen LogP contribution in [0, 0.1) is 0 Å². The molecule has 0 saturated heterocycles. The zero-order chi connectivity index (χ0) is 10.1. The largest absolute Gasteiger partial charge is 0.508 e. The number of benzene rings is 1. The third-order valence-electron chi connectivity index (χ3n) is 1.95. The molecule has 5 nitrogen and oxygen atoms in total. The van der Waals surface area contributed by atoms with Gasteiger partial charge in [-0.25, -0.2) is 0 Å². The molecule has 0 fully saturated rings. The number of ether oxygens (including phenoxy) is 2.